The molecule has 0 heterocycles. The Bertz CT molecular complexity index is 297. The highest BCUT2D eigenvalue weighted by molar-refractivity contribution is 7.80. The molecular formula is C10H11ClO2S. The molecule has 0 aliphatic carbocycles. The molecule has 0 aliphatic heterocycles. The monoisotopic (exact) mass is 230 g/mol. The van der Waals surface area contributed by atoms with Gasteiger partial charge in [-0.25, -0.2) is 0 Å². The average molecular weight is 231 g/mol. The minimum absolute atomic E-state index is 0.227. The SMILES string of the molecule is O=C(CCS)OCc1ccc(Cl)cc1. The number of benzene rings is 1. The summed E-state index contributed by atoms with van der Waals surface area (Å²) in [6.45, 7) is 0.295. The van der Waals surface area contributed by atoms with Crippen LogP contribution in [0.25, 0.3) is 0 Å². The summed E-state index contributed by atoms with van der Waals surface area (Å²) in [5.41, 5.74) is 0.932. The van der Waals surface area contributed by atoms with E-state index in [0.29, 0.717) is 23.8 Å². The molecule has 1 aromatic rings. The van der Waals surface area contributed by atoms with Crippen LogP contribution in [0.4, 0.5) is 0 Å². The number of carbonyl (C=O) groups excluding carboxylic acids is 1. The fraction of sp³-hybridized carbons (Fsp3) is 0.300. The fourth-order valence-electron chi connectivity index (χ4n) is 0.908. The number of hydrogen-bond donors (Lipinski definition) is 1. The largest absolute Gasteiger partial charge is 0.461 e. The van der Waals surface area contributed by atoms with Crippen LogP contribution in [-0.4, -0.2) is 11.7 Å². The first kappa shape index (κ1) is 11.4. The molecule has 4 heteroatoms. The molecule has 0 saturated carbocycles. The molecule has 0 aromatic heterocycles. The Morgan fingerprint density at radius 3 is 2.57 bits per heavy atom. The predicted molar refractivity (Wildman–Crippen MR) is 59.7 cm³/mol. The molecule has 0 atom stereocenters. The second-order valence-corrected chi connectivity index (χ2v) is 3.64. The molecule has 0 amide bonds. The first-order chi connectivity index (χ1) is 6.72. The summed E-state index contributed by atoms with van der Waals surface area (Å²) in [6, 6.07) is 7.19. The highest BCUT2D eigenvalue weighted by atomic mass is 35.5. The normalized spacial score (nSPS) is 9.86. The van der Waals surface area contributed by atoms with Crippen molar-refractivity contribution in [1.29, 1.82) is 0 Å². The number of thiol groups is 1. The third kappa shape index (κ3) is 4.03. The highest BCUT2D eigenvalue weighted by Gasteiger charge is 2.01. The topological polar surface area (TPSA) is 26.3 Å². The summed E-state index contributed by atoms with van der Waals surface area (Å²) in [5, 5.41) is 0.676. The summed E-state index contributed by atoms with van der Waals surface area (Å²) in [7, 11) is 0. The van der Waals surface area contributed by atoms with E-state index in [0.717, 1.165) is 5.56 Å². The van der Waals surface area contributed by atoms with Gasteiger partial charge in [0, 0.05) is 10.8 Å². The molecule has 0 N–H and O–H groups in total. The Balaban J connectivity index is 2.38. The Morgan fingerprint density at radius 1 is 1.36 bits per heavy atom. The third-order valence-corrected chi connectivity index (χ3v) is 2.10. The molecule has 0 spiro atoms. The number of ether oxygens (including phenoxy) is 1. The standard InChI is InChI=1S/C10H11ClO2S/c11-9-3-1-8(2-4-9)7-13-10(12)5-6-14/h1-4,14H,5-7H2. The van der Waals surface area contributed by atoms with Crippen molar-refractivity contribution < 1.29 is 9.53 Å². The van der Waals surface area contributed by atoms with Gasteiger partial charge in [0.05, 0.1) is 6.42 Å². The van der Waals surface area contributed by atoms with Gasteiger partial charge in [-0.1, -0.05) is 23.7 Å². The zero-order chi connectivity index (χ0) is 10.4. The number of halogens is 1. The van der Waals surface area contributed by atoms with Crippen LogP contribution in [-0.2, 0) is 16.1 Å². The lowest BCUT2D eigenvalue weighted by molar-refractivity contribution is -0.144. The maximum atomic E-state index is 11.0. The second-order valence-electron chi connectivity index (χ2n) is 2.76. The Labute approximate surface area is 93.6 Å². The Morgan fingerprint density at radius 2 is 2.00 bits per heavy atom. The molecule has 0 fully saturated rings. The number of carbonyl (C=O) groups is 1. The van der Waals surface area contributed by atoms with Crippen LogP contribution in [0.15, 0.2) is 24.3 Å². The minimum Gasteiger partial charge on any atom is -0.461 e. The first-order valence-corrected chi connectivity index (χ1v) is 5.24. The van der Waals surface area contributed by atoms with Crippen LogP contribution in [0.2, 0.25) is 5.02 Å². The van der Waals surface area contributed by atoms with Gasteiger partial charge in [0.2, 0.25) is 0 Å². The van der Waals surface area contributed by atoms with E-state index in [2.05, 4.69) is 12.6 Å². The van der Waals surface area contributed by atoms with Crippen LogP contribution in [0.5, 0.6) is 0 Å². The summed E-state index contributed by atoms with van der Waals surface area (Å²) in [6.07, 6.45) is 0.344. The maximum absolute atomic E-state index is 11.0. The molecule has 1 aromatic carbocycles. The van der Waals surface area contributed by atoms with E-state index in [9.17, 15) is 4.79 Å². The van der Waals surface area contributed by atoms with Crippen molar-refractivity contribution in [2.24, 2.45) is 0 Å². The summed E-state index contributed by atoms with van der Waals surface area (Å²) in [4.78, 5) is 11.0. The maximum Gasteiger partial charge on any atom is 0.306 e. The number of esters is 1. The van der Waals surface area contributed by atoms with E-state index in [1.54, 1.807) is 12.1 Å². The summed E-state index contributed by atoms with van der Waals surface area (Å²) < 4.78 is 4.98. The van der Waals surface area contributed by atoms with Gasteiger partial charge in [0.15, 0.2) is 0 Å². The molecule has 0 unspecified atom stereocenters. The predicted octanol–water partition coefficient (Wildman–Crippen LogP) is 2.70. The van der Waals surface area contributed by atoms with E-state index in [1.165, 1.54) is 0 Å². The zero-order valence-electron chi connectivity index (χ0n) is 7.57. The molecule has 0 aliphatic rings. The van der Waals surface area contributed by atoms with Crippen molar-refractivity contribution in [1.82, 2.24) is 0 Å². The Hall–Kier alpha value is -0.670. The van der Waals surface area contributed by atoms with Crippen LogP contribution in [0.3, 0.4) is 0 Å². The lowest BCUT2D eigenvalue weighted by Crippen LogP contribution is -2.04. The zero-order valence-corrected chi connectivity index (χ0v) is 9.22. The Kier molecular flexibility index (Phi) is 4.84. The van der Waals surface area contributed by atoms with Gasteiger partial charge in [-0.3, -0.25) is 4.79 Å². The van der Waals surface area contributed by atoms with Crippen molar-refractivity contribution >= 4 is 30.2 Å². The lowest BCUT2D eigenvalue weighted by atomic mass is 10.2. The van der Waals surface area contributed by atoms with Crippen LogP contribution in [0, 0.1) is 0 Å². The second kappa shape index (κ2) is 5.94. The van der Waals surface area contributed by atoms with Gasteiger partial charge in [0.1, 0.15) is 6.61 Å². The highest BCUT2D eigenvalue weighted by Crippen LogP contribution is 2.10. The van der Waals surface area contributed by atoms with Gasteiger partial charge in [-0.2, -0.15) is 12.6 Å². The van der Waals surface area contributed by atoms with Gasteiger partial charge in [-0.05, 0) is 17.7 Å². The average Bonchev–Trinajstić information content (AvgIpc) is 2.17. The van der Waals surface area contributed by atoms with E-state index in [1.807, 2.05) is 12.1 Å². The smallest absolute Gasteiger partial charge is 0.306 e. The molecule has 1 rings (SSSR count). The van der Waals surface area contributed by atoms with E-state index >= 15 is 0 Å². The van der Waals surface area contributed by atoms with Gasteiger partial charge in [0.25, 0.3) is 0 Å². The van der Waals surface area contributed by atoms with Crippen molar-refractivity contribution in [2.75, 3.05) is 5.75 Å². The first-order valence-electron chi connectivity index (χ1n) is 4.23. The third-order valence-electron chi connectivity index (χ3n) is 1.63. The summed E-state index contributed by atoms with van der Waals surface area (Å²) in [5.74, 6) is 0.286. The van der Waals surface area contributed by atoms with Crippen molar-refractivity contribution in [3.05, 3.63) is 34.9 Å². The molecule has 2 nitrogen and oxygen atoms in total. The van der Waals surface area contributed by atoms with Crippen molar-refractivity contribution in [2.45, 2.75) is 13.0 Å². The van der Waals surface area contributed by atoms with Gasteiger partial charge >= 0.3 is 5.97 Å². The van der Waals surface area contributed by atoms with Gasteiger partial charge < -0.3 is 4.74 Å². The minimum atomic E-state index is -0.227. The lowest BCUT2D eigenvalue weighted by Gasteiger charge is -2.03. The molecule has 14 heavy (non-hydrogen) atoms. The molecule has 0 bridgehead atoms. The molecule has 76 valence electrons. The quantitative estimate of drug-likeness (QED) is 0.636. The van der Waals surface area contributed by atoms with Gasteiger partial charge in [-0.15, -0.1) is 0 Å². The molecule has 0 radical (unpaired) electrons. The van der Waals surface area contributed by atoms with Crippen molar-refractivity contribution in [3.8, 4) is 0 Å². The van der Waals surface area contributed by atoms with Crippen LogP contribution >= 0.6 is 24.2 Å². The van der Waals surface area contributed by atoms with E-state index in [4.69, 9.17) is 16.3 Å². The van der Waals surface area contributed by atoms with E-state index < -0.39 is 0 Å². The van der Waals surface area contributed by atoms with Crippen molar-refractivity contribution in [3.63, 3.8) is 0 Å². The summed E-state index contributed by atoms with van der Waals surface area (Å²) >= 11 is 9.64. The van der Waals surface area contributed by atoms with Crippen LogP contribution < -0.4 is 0 Å². The molecular weight excluding hydrogens is 220 g/mol. The fourth-order valence-corrected chi connectivity index (χ4v) is 1.22. The van der Waals surface area contributed by atoms with Crippen LogP contribution in [0.1, 0.15) is 12.0 Å². The molecule has 0 saturated heterocycles. The number of rotatable bonds is 4. The number of hydrogen-bond acceptors (Lipinski definition) is 3. The van der Waals surface area contributed by atoms with E-state index in [-0.39, 0.29) is 5.97 Å².